The highest BCUT2D eigenvalue weighted by molar-refractivity contribution is 9.10. The van der Waals surface area contributed by atoms with Crippen LogP contribution in [0, 0.1) is 5.82 Å². The van der Waals surface area contributed by atoms with Crippen LogP contribution in [-0.2, 0) is 4.79 Å². The smallest absolute Gasteiger partial charge is 0.258 e. The van der Waals surface area contributed by atoms with Gasteiger partial charge < -0.3 is 10.1 Å². The molecule has 2 rings (SSSR count). The maximum absolute atomic E-state index is 13.4. The van der Waals surface area contributed by atoms with E-state index in [0.717, 1.165) is 30.2 Å². The van der Waals surface area contributed by atoms with E-state index in [4.69, 9.17) is 4.74 Å². The first kappa shape index (κ1) is 14.3. The second-order valence-electron chi connectivity index (χ2n) is 4.77. The minimum atomic E-state index is -0.464. The van der Waals surface area contributed by atoms with Crippen LogP contribution in [-0.4, -0.2) is 18.6 Å². The number of hydrogen-bond donors (Lipinski definition) is 1. The van der Waals surface area contributed by atoms with E-state index in [0.29, 0.717) is 0 Å². The fraction of sp³-hybridized carbons (Fsp3) is 0.500. The summed E-state index contributed by atoms with van der Waals surface area (Å²) in [6.45, 7) is -0.149. The largest absolute Gasteiger partial charge is 0.481 e. The normalized spacial score (nSPS) is 16.1. The molecule has 3 nitrogen and oxygen atoms in total. The van der Waals surface area contributed by atoms with Crippen molar-refractivity contribution in [3.63, 3.8) is 0 Å². The van der Waals surface area contributed by atoms with Crippen LogP contribution in [0.2, 0.25) is 0 Å². The lowest BCUT2D eigenvalue weighted by Crippen LogP contribution is -2.39. The van der Waals surface area contributed by atoms with Crippen LogP contribution in [0.1, 0.15) is 32.1 Å². The molecule has 1 amide bonds. The number of rotatable bonds is 4. The zero-order chi connectivity index (χ0) is 13.7. The van der Waals surface area contributed by atoms with Crippen LogP contribution in [0.25, 0.3) is 0 Å². The number of benzene rings is 1. The Morgan fingerprint density at radius 1 is 1.37 bits per heavy atom. The second kappa shape index (κ2) is 6.89. The Bertz CT molecular complexity index is 447. The van der Waals surface area contributed by atoms with Crippen molar-refractivity contribution in [3.8, 4) is 5.75 Å². The van der Waals surface area contributed by atoms with E-state index in [-0.39, 0.29) is 24.3 Å². The fourth-order valence-electron chi connectivity index (χ4n) is 2.25. The summed E-state index contributed by atoms with van der Waals surface area (Å²) in [5.74, 6) is -0.562. The zero-order valence-electron chi connectivity index (χ0n) is 10.6. The Morgan fingerprint density at radius 2 is 2.11 bits per heavy atom. The highest BCUT2D eigenvalue weighted by Crippen LogP contribution is 2.22. The summed E-state index contributed by atoms with van der Waals surface area (Å²) in [7, 11) is 0. The van der Waals surface area contributed by atoms with Gasteiger partial charge in [-0.05, 0) is 31.0 Å². The van der Waals surface area contributed by atoms with Crippen LogP contribution in [0.15, 0.2) is 22.7 Å². The van der Waals surface area contributed by atoms with E-state index in [2.05, 4.69) is 21.2 Å². The third-order valence-electron chi connectivity index (χ3n) is 3.22. The lowest BCUT2D eigenvalue weighted by Gasteiger charge is -2.22. The highest BCUT2D eigenvalue weighted by Gasteiger charge is 2.16. The maximum Gasteiger partial charge on any atom is 0.258 e. The summed E-state index contributed by atoms with van der Waals surface area (Å²) in [5, 5.41) is 2.93. The van der Waals surface area contributed by atoms with Gasteiger partial charge >= 0.3 is 0 Å². The lowest BCUT2D eigenvalue weighted by atomic mass is 9.95. The van der Waals surface area contributed by atoms with Gasteiger partial charge in [0.05, 0.1) is 0 Å². The molecule has 0 atom stereocenters. The summed E-state index contributed by atoms with van der Waals surface area (Å²) >= 11 is 3.24. The van der Waals surface area contributed by atoms with Gasteiger partial charge in [-0.2, -0.15) is 0 Å². The van der Waals surface area contributed by atoms with Crippen LogP contribution in [0.5, 0.6) is 5.75 Å². The van der Waals surface area contributed by atoms with Crippen LogP contribution in [0.4, 0.5) is 4.39 Å². The van der Waals surface area contributed by atoms with Gasteiger partial charge in [-0.15, -0.1) is 0 Å². The van der Waals surface area contributed by atoms with Crippen molar-refractivity contribution in [2.24, 2.45) is 0 Å². The number of hydrogen-bond acceptors (Lipinski definition) is 2. The SMILES string of the molecule is O=C(COc1cc(Br)ccc1F)NC1CCCCC1. The average molecular weight is 330 g/mol. The van der Waals surface area contributed by atoms with Crippen molar-refractivity contribution in [1.82, 2.24) is 5.32 Å². The number of ether oxygens (including phenoxy) is 1. The van der Waals surface area contributed by atoms with E-state index in [1.807, 2.05) is 0 Å². The molecular weight excluding hydrogens is 313 g/mol. The van der Waals surface area contributed by atoms with E-state index in [9.17, 15) is 9.18 Å². The molecule has 5 heteroatoms. The Hall–Kier alpha value is -1.10. The number of carbonyl (C=O) groups is 1. The molecular formula is C14H17BrFNO2. The van der Waals surface area contributed by atoms with E-state index in [1.54, 1.807) is 6.07 Å². The first-order valence-corrected chi connectivity index (χ1v) is 7.31. The zero-order valence-corrected chi connectivity index (χ0v) is 12.2. The summed E-state index contributed by atoms with van der Waals surface area (Å²) < 4.78 is 19.3. The predicted octanol–water partition coefficient (Wildman–Crippen LogP) is 3.42. The molecule has 1 aromatic carbocycles. The first-order valence-electron chi connectivity index (χ1n) is 6.52. The highest BCUT2D eigenvalue weighted by atomic mass is 79.9. The van der Waals surface area contributed by atoms with Gasteiger partial charge in [0.2, 0.25) is 0 Å². The molecule has 0 spiro atoms. The molecule has 1 N–H and O–H groups in total. The number of nitrogens with one attached hydrogen (secondary N) is 1. The summed E-state index contributed by atoms with van der Waals surface area (Å²) in [6, 6.07) is 4.66. The van der Waals surface area contributed by atoms with Gasteiger partial charge in [0, 0.05) is 10.5 Å². The van der Waals surface area contributed by atoms with Crippen molar-refractivity contribution in [3.05, 3.63) is 28.5 Å². The standard InChI is InChI=1S/C14H17BrFNO2/c15-10-6-7-12(16)13(8-10)19-9-14(18)17-11-4-2-1-3-5-11/h6-8,11H,1-5,9H2,(H,17,18). The Labute approximate surface area is 120 Å². The number of carbonyl (C=O) groups excluding carboxylic acids is 1. The van der Waals surface area contributed by atoms with Crippen molar-refractivity contribution in [2.45, 2.75) is 38.1 Å². The Kier molecular flexibility index (Phi) is 5.19. The van der Waals surface area contributed by atoms with Gasteiger partial charge in [-0.1, -0.05) is 35.2 Å². The van der Waals surface area contributed by atoms with Gasteiger partial charge in [-0.25, -0.2) is 4.39 Å². The molecule has 0 aromatic heterocycles. The molecule has 1 aromatic rings. The molecule has 0 saturated heterocycles. The van der Waals surface area contributed by atoms with Gasteiger partial charge in [0.1, 0.15) is 0 Å². The molecule has 0 aliphatic heterocycles. The van der Waals surface area contributed by atoms with Gasteiger partial charge in [0.25, 0.3) is 5.91 Å². The summed E-state index contributed by atoms with van der Waals surface area (Å²) in [5.41, 5.74) is 0. The van der Waals surface area contributed by atoms with E-state index < -0.39 is 5.82 Å². The van der Waals surface area contributed by atoms with Crippen LogP contribution >= 0.6 is 15.9 Å². The molecule has 0 unspecified atom stereocenters. The quantitative estimate of drug-likeness (QED) is 0.919. The molecule has 19 heavy (non-hydrogen) atoms. The minimum absolute atomic E-state index is 0.0909. The number of halogens is 2. The molecule has 104 valence electrons. The topological polar surface area (TPSA) is 38.3 Å². The van der Waals surface area contributed by atoms with Crippen molar-refractivity contribution < 1.29 is 13.9 Å². The minimum Gasteiger partial charge on any atom is -0.481 e. The van der Waals surface area contributed by atoms with Crippen molar-refractivity contribution in [2.75, 3.05) is 6.61 Å². The average Bonchev–Trinajstić information content (AvgIpc) is 2.41. The first-order chi connectivity index (χ1) is 9.15. The lowest BCUT2D eigenvalue weighted by molar-refractivity contribution is -0.124. The van der Waals surface area contributed by atoms with Crippen molar-refractivity contribution >= 4 is 21.8 Å². The van der Waals surface area contributed by atoms with Crippen molar-refractivity contribution in [1.29, 1.82) is 0 Å². The molecule has 0 radical (unpaired) electrons. The van der Waals surface area contributed by atoms with E-state index >= 15 is 0 Å². The van der Waals surface area contributed by atoms with Crippen LogP contribution in [0.3, 0.4) is 0 Å². The van der Waals surface area contributed by atoms with Gasteiger partial charge in [-0.3, -0.25) is 4.79 Å². The Balaban J connectivity index is 1.81. The predicted molar refractivity (Wildman–Crippen MR) is 74.6 cm³/mol. The van der Waals surface area contributed by atoms with Crippen LogP contribution < -0.4 is 10.1 Å². The summed E-state index contributed by atoms with van der Waals surface area (Å²) in [6.07, 6.45) is 5.61. The molecule has 0 bridgehead atoms. The van der Waals surface area contributed by atoms with E-state index in [1.165, 1.54) is 18.6 Å². The fourth-order valence-corrected chi connectivity index (χ4v) is 2.59. The Morgan fingerprint density at radius 3 is 2.84 bits per heavy atom. The van der Waals surface area contributed by atoms with Gasteiger partial charge in [0.15, 0.2) is 18.2 Å². The monoisotopic (exact) mass is 329 g/mol. The number of amides is 1. The second-order valence-corrected chi connectivity index (χ2v) is 5.68. The third-order valence-corrected chi connectivity index (χ3v) is 3.72. The maximum atomic E-state index is 13.4. The molecule has 1 fully saturated rings. The molecule has 1 aliphatic rings. The molecule has 1 aliphatic carbocycles. The molecule has 0 heterocycles. The molecule has 1 saturated carbocycles. The third kappa shape index (κ3) is 4.49. The summed E-state index contributed by atoms with van der Waals surface area (Å²) in [4.78, 5) is 11.7.